The number of likely N-dealkylation sites (N-methyl/N-ethyl adjacent to an activating group) is 1. The van der Waals surface area contributed by atoms with E-state index in [0.717, 1.165) is 6.54 Å². The number of nitrogens with one attached hydrogen (secondary N) is 1. The Labute approximate surface area is 97.9 Å². The van der Waals surface area contributed by atoms with E-state index in [1.165, 1.54) is 24.9 Å². The lowest BCUT2D eigenvalue weighted by Crippen LogP contribution is -2.44. The Kier molecular flexibility index (Phi) is 3.91. The molecule has 2 atom stereocenters. The summed E-state index contributed by atoms with van der Waals surface area (Å²) in [7, 11) is 2.20. The largest absolute Gasteiger partial charge is 0.306 e. The van der Waals surface area contributed by atoms with Crippen molar-refractivity contribution >= 4 is 0 Å². The molecule has 0 aliphatic carbocycles. The summed E-state index contributed by atoms with van der Waals surface area (Å²) in [4.78, 5) is 6.56. The quantitative estimate of drug-likeness (QED) is 0.840. The Morgan fingerprint density at radius 2 is 2.44 bits per heavy atom. The molecule has 1 aliphatic rings. The molecule has 1 fully saturated rings. The Hall–Kier alpha value is -0.930. The van der Waals surface area contributed by atoms with Crippen molar-refractivity contribution in [2.75, 3.05) is 20.1 Å². The smallest absolute Gasteiger partial charge is 0.0315 e. The van der Waals surface area contributed by atoms with Gasteiger partial charge in [-0.05, 0) is 45.0 Å². The van der Waals surface area contributed by atoms with Crippen LogP contribution in [0.4, 0.5) is 0 Å². The van der Waals surface area contributed by atoms with Crippen LogP contribution >= 0.6 is 0 Å². The molecule has 3 heteroatoms. The molecule has 2 rings (SSSR count). The molecule has 0 spiro atoms. The highest BCUT2D eigenvalue weighted by Crippen LogP contribution is 2.15. The average Bonchev–Trinajstić information content (AvgIpc) is 2.30. The number of likely N-dealkylation sites (tertiary alicyclic amines) is 1. The number of hydrogen-bond donors (Lipinski definition) is 1. The average molecular weight is 219 g/mol. The molecule has 0 aromatic carbocycles. The summed E-state index contributed by atoms with van der Waals surface area (Å²) in [5.41, 5.74) is 1.27. The molecule has 1 aromatic rings. The highest BCUT2D eigenvalue weighted by molar-refractivity contribution is 5.13. The zero-order chi connectivity index (χ0) is 11.4. The summed E-state index contributed by atoms with van der Waals surface area (Å²) >= 11 is 0. The monoisotopic (exact) mass is 219 g/mol. The van der Waals surface area contributed by atoms with E-state index < -0.39 is 0 Å². The molecule has 0 saturated carbocycles. The van der Waals surface area contributed by atoms with Crippen LogP contribution in [0.2, 0.25) is 0 Å². The Morgan fingerprint density at radius 3 is 3.12 bits per heavy atom. The van der Waals surface area contributed by atoms with Crippen LogP contribution in [0.5, 0.6) is 0 Å². The van der Waals surface area contributed by atoms with E-state index in [2.05, 4.69) is 35.2 Å². The highest BCUT2D eigenvalue weighted by Gasteiger charge is 2.18. The van der Waals surface area contributed by atoms with Crippen LogP contribution in [-0.2, 0) is 0 Å². The van der Waals surface area contributed by atoms with E-state index >= 15 is 0 Å². The first-order chi connectivity index (χ1) is 7.75. The van der Waals surface area contributed by atoms with Gasteiger partial charge in [-0.2, -0.15) is 0 Å². The van der Waals surface area contributed by atoms with Crippen molar-refractivity contribution in [3.63, 3.8) is 0 Å². The molecule has 3 nitrogen and oxygen atoms in total. The lowest BCUT2D eigenvalue weighted by Gasteiger charge is -2.32. The first-order valence-corrected chi connectivity index (χ1v) is 6.10. The van der Waals surface area contributed by atoms with Gasteiger partial charge in [-0.3, -0.25) is 4.98 Å². The van der Waals surface area contributed by atoms with Crippen LogP contribution in [0, 0.1) is 0 Å². The number of hydrogen-bond acceptors (Lipinski definition) is 3. The summed E-state index contributed by atoms with van der Waals surface area (Å²) in [6.45, 7) is 4.61. The topological polar surface area (TPSA) is 28.2 Å². The van der Waals surface area contributed by atoms with Crippen LogP contribution in [0.1, 0.15) is 31.4 Å². The van der Waals surface area contributed by atoms with Crippen molar-refractivity contribution in [2.45, 2.75) is 31.8 Å². The second-order valence-corrected chi connectivity index (χ2v) is 4.78. The van der Waals surface area contributed by atoms with Crippen molar-refractivity contribution in [3.8, 4) is 0 Å². The molecular formula is C13H21N3. The molecule has 2 heterocycles. The SMILES string of the molecule is CC(NC1CCCN(C)C1)c1cccnc1. The van der Waals surface area contributed by atoms with Crippen molar-refractivity contribution in [2.24, 2.45) is 0 Å². The summed E-state index contributed by atoms with van der Waals surface area (Å²) in [5, 5.41) is 3.68. The van der Waals surface area contributed by atoms with Gasteiger partial charge in [0.25, 0.3) is 0 Å². The number of pyridine rings is 1. The Bertz CT molecular complexity index is 312. The van der Waals surface area contributed by atoms with E-state index in [1.54, 1.807) is 0 Å². The predicted octanol–water partition coefficient (Wildman–Crippen LogP) is 1.83. The van der Waals surface area contributed by atoms with E-state index in [0.29, 0.717) is 12.1 Å². The van der Waals surface area contributed by atoms with Gasteiger partial charge in [-0.25, -0.2) is 0 Å². The molecule has 2 unspecified atom stereocenters. The molecule has 0 bridgehead atoms. The van der Waals surface area contributed by atoms with Gasteiger partial charge in [0.05, 0.1) is 0 Å². The molecule has 0 amide bonds. The minimum atomic E-state index is 0.394. The van der Waals surface area contributed by atoms with Crippen LogP contribution < -0.4 is 5.32 Å². The fourth-order valence-electron chi connectivity index (χ4n) is 2.38. The molecular weight excluding hydrogens is 198 g/mol. The normalized spacial score (nSPS) is 24.2. The summed E-state index contributed by atoms with van der Waals surface area (Å²) < 4.78 is 0. The minimum Gasteiger partial charge on any atom is -0.306 e. The maximum Gasteiger partial charge on any atom is 0.0315 e. The molecule has 0 radical (unpaired) electrons. The predicted molar refractivity (Wildman–Crippen MR) is 66.3 cm³/mol. The van der Waals surface area contributed by atoms with E-state index in [9.17, 15) is 0 Å². The molecule has 1 N–H and O–H groups in total. The van der Waals surface area contributed by atoms with Gasteiger partial charge < -0.3 is 10.2 Å². The lowest BCUT2D eigenvalue weighted by molar-refractivity contribution is 0.218. The first-order valence-electron chi connectivity index (χ1n) is 6.10. The van der Waals surface area contributed by atoms with E-state index in [1.807, 2.05) is 18.5 Å². The van der Waals surface area contributed by atoms with Gasteiger partial charge in [0, 0.05) is 31.0 Å². The summed E-state index contributed by atoms with van der Waals surface area (Å²) in [6.07, 6.45) is 6.36. The third-order valence-electron chi connectivity index (χ3n) is 3.29. The van der Waals surface area contributed by atoms with Gasteiger partial charge in [0.15, 0.2) is 0 Å². The second-order valence-electron chi connectivity index (χ2n) is 4.78. The third kappa shape index (κ3) is 3.03. The maximum absolute atomic E-state index is 4.16. The van der Waals surface area contributed by atoms with Gasteiger partial charge >= 0.3 is 0 Å². The molecule has 88 valence electrons. The summed E-state index contributed by atoms with van der Waals surface area (Å²) in [5.74, 6) is 0. The number of aromatic nitrogens is 1. The van der Waals surface area contributed by atoms with Crippen molar-refractivity contribution in [3.05, 3.63) is 30.1 Å². The zero-order valence-corrected chi connectivity index (χ0v) is 10.2. The number of piperidine rings is 1. The molecule has 16 heavy (non-hydrogen) atoms. The first kappa shape index (κ1) is 11.6. The van der Waals surface area contributed by atoms with Crippen molar-refractivity contribution in [1.82, 2.24) is 15.2 Å². The second kappa shape index (κ2) is 5.41. The van der Waals surface area contributed by atoms with Crippen LogP contribution in [0.3, 0.4) is 0 Å². The zero-order valence-electron chi connectivity index (χ0n) is 10.2. The van der Waals surface area contributed by atoms with Crippen molar-refractivity contribution in [1.29, 1.82) is 0 Å². The molecule has 1 aromatic heterocycles. The molecule has 1 aliphatic heterocycles. The van der Waals surface area contributed by atoms with Crippen molar-refractivity contribution < 1.29 is 0 Å². The standard InChI is InChI=1S/C13H21N3/c1-11(12-5-3-7-14-9-12)15-13-6-4-8-16(2)10-13/h3,5,7,9,11,13,15H,4,6,8,10H2,1-2H3. The van der Waals surface area contributed by atoms with Crippen LogP contribution in [0.25, 0.3) is 0 Å². The third-order valence-corrected chi connectivity index (χ3v) is 3.29. The Morgan fingerprint density at radius 1 is 1.56 bits per heavy atom. The molecule has 1 saturated heterocycles. The van der Waals surface area contributed by atoms with Gasteiger partial charge in [-0.1, -0.05) is 6.07 Å². The van der Waals surface area contributed by atoms with Crippen LogP contribution in [-0.4, -0.2) is 36.1 Å². The summed E-state index contributed by atoms with van der Waals surface area (Å²) in [6, 6.07) is 5.15. The maximum atomic E-state index is 4.16. The van der Waals surface area contributed by atoms with Gasteiger partial charge in [-0.15, -0.1) is 0 Å². The van der Waals surface area contributed by atoms with E-state index in [4.69, 9.17) is 0 Å². The number of nitrogens with zero attached hydrogens (tertiary/aromatic N) is 2. The fourth-order valence-corrected chi connectivity index (χ4v) is 2.38. The van der Waals surface area contributed by atoms with E-state index in [-0.39, 0.29) is 0 Å². The number of rotatable bonds is 3. The highest BCUT2D eigenvalue weighted by atomic mass is 15.1. The fraction of sp³-hybridized carbons (Fsp3) is 0.615. The van der Waals surface area contributed by atoms with Gasteiger partial charge in [0.2, 0.25) is 0 Å². The van der Waals surface area contributed by atoms with Gasteiger partial charge in [0.1, 0.15) is 0 Å². The van der Waals surface area contributed by atoms with Crippen LogP contribution in [0.15, 0.2) is 24.5 Å². The Balaban J connectivity index is 1.89. The lowest BCUT2D eigenvalue weighted by atomic mass is 10.0. The minimum absolute atomic E-state index is 0.394.